The van der Waals surface area contributed by atoms with Gasteiger partial charge in [-0.3, -0.25) is 0 Å². The number of benzene rings is 1. The molecule has 0 aromatic heterocycles. The Balaban J connectivity index is 1.77. The fourth-order valence-corrected chi connectivity index (χ4v) is 3.09. The Morgan fingerprint density at radius 2 is 2.14 bits per heavy atom. The first-order valence-electron chi connectivity index (χ1n) is 7.72. The number of hydrogen-bond acceptors (Lipinski definition) is 4. The van der Waals surface area contributed by atoms with E-state index >= 15 is 0 Å². The van der Waals surface area contributed by atoms with Gasteiger partial charge < -0.3 is 14.9 Å². The number of rotatable bonds is 6. The number of nitrogens with zero attached hydrogens (tertiary/aromatic N) is 3. The van der Waals surface area contributed by atoms with Crippen LogP contribution in [0.15, 0.2) is 24.3 Å². The molecule has 1 aliphatic heterocycles. The van der Waals surface area contributed by atoms with Crippen LogP contribution in [-0.2, 0) is 6.54 Å². The molecule has 0 radical (unpaired) electrons. The lowest BCUT2D eigenvalue weighted by molar-refractivity contribution is 0.129. The normalized spacial score (nSPS) is 17.0. The van der Waals surface area contributed by atoms with Gasteiger partial charge in [0.2, 0.25) is 0 Å². The SMILES string of the molecule is CN(Cc1cccc(C#N)c1)CC1CCN(CCO)CC1. The molecule has 0 saturated carbocycles. The third-order valence-corrected chi connectivity index (χ3v) is 4.20. The van der Waals surface area contributed by atoms with Crippen molar-refractivity contribution in [2.24, 2.45) is 5.92 Å². The molecule has 1 fully saturated rings. The van der Waals surface area contributed by atoms with Crippen molar-refractivity contribution in [3.05, 3.63) is 35.4 Å². The smallest absolute Gasteiger partial charge is 0.0991 e. The van der Waals surface area contributed by atoms with Crippen LogP contribution in [-0.4, -0.2) is 54.7 Å². The van der Waals surface area contributed by atoms with Crippen molar-refractivity contribution in [2.75, 3.05) is 39.8 Å². The molecule has 1 aromatic carbocycles. The molecule has 0 unspecified atom stereocenters. The van der Waals surface area contributed by atoms with Gasteiger partial charge in [-0.15, -0.1) is 0 Å². The minimum absolute atomic E-state index is 0.264. The van der Waals surface area contributed by atoms with Crippen molar-refractivity contribution in [1.29, 1.82) is 5.26 Å². The van der Waals surface area contributed by atoms with Crippen LogP contribution in [0.3, 0.4) is 0 Å². The van der Waals surface area contributed by atoms with E-state index in [2.05, 4.69) is 29.0 Å². The standard InChI is InChI=1S/C17H25N3O/c1-19(14-17-4-2-3-16(11-17)12-18)13-15-5-7-20(8-6-15)9-10-21/h2-4,11,15,21H,5-10,13-14H2,1H3. The van der Waals surface area contributed by atoms with E-state index < -0.39 is 0 Å². The molecule has 0 spiro atoms. The van der Waals surface area contributed by atoms with Crippen molar-refractivity contribution in [3.63, 3.8) is 0 Å². The van der Waals surface area contributed by atoms with Crippen LogP contribution >= 0.6 is 0 Å². The summed E-state index contributed by atoms with van der Waals surface area (Å²) in [6.45, 7) is 5.27. The van der Waals surface area contributed by atoms with Gasteiger partial charge in [0.1, 0.15) is 0 Å². The predicted octanol–water partition coefficient (Wildman–Crippen LogP) is 1.69. The quantitative estimate of drug-likeness (QED) is 0.865. The third-order valence-electron chi connectivity index (χ3n) is 4.20. The van der Waals surface area contributed by atoms with E-state index in [0.29, 0.717) is 0 Å². The molecule has 1 saturated heterocycles. The van der Waals surface area contributed by atoms with Crippen LogP contribution < -0.4 is 0 Å². The molecule has 0 aliphatic carbocycles. The lowest BCUT2D eigenvalue weighted by Crippen LogP contribution is -2.38. The highest BCUT2D eigenvalue weighted by Gasteiger charge is 2.19. The minimum Gasteiger partial charge on any atom is -0.395 e. The maximum absolute atomic E-state index is 8.96. The largest absolute Gasteiger partial charge is 0.395 e. The Morgan fingerprint density at radius 1 is 1.38 bits per heavy atom. The van der Waals surface area contributed by atoms with E-state index in [4.69, 9.17) is 10.4 Å². The van der Waals surface area contributed by atoms with Crippen LogP contribution in [0.25, 0.3) is 0 Å². The zero-order valence-corrected chi connectivity index (χ0v) is 12.8. The molecule has 0 amide bonds. The maximum Gasteiger partial charge on any atom is 0.0991 e. The summed E-state index contributed by atoms with van der Waals surface area (Å²) in [5.41, 5.74) is 1.94. The Hall–Kier alpha value is -1.41. The molecule has 1 aromatic rings. The Morgan fingerprint density at radius 3 is 2.81 bits per heavy atom. The fraction of sp³-hybridized carbons (Fsp3) is 0.588. The van der Waals surface area contributed by atoms with Gasteiger partial charge in [0.05, 0.1) is 18.2 Å². The second-order valence-electron chi connectivity index (χ2n) is 6.02. The van der Waals surface area contributed by atoms with E-state index in [9.17, 15) is 0 Å². The van der Waals surface area contributed by atoms with Gasteiger partial charge in [-0.05, 0) is 56.6 Å². The van der Waals surface area contributed by atoms with Crippen LogP contribution in [0, 0.1) is 17.2 Å². The second kappa shape index (κ2) is 8.14. The maximum atomic E-state index is 8.96. The number of likely N-dealkylation sites (tertiary alicyclic amines) is 1. The van der Waals surface area contributed by atoms with Gasteiger partial charge in [0.15, 0.2) is 0 Å². The molecule has 21 heavy (non-hydrogen) atoms. The predicted molar refractivity (Wildman–Crippen MR) is 83.7 cm³/mol. The van der Waals surface area contributed by atoms with Crippen LogP contribution in [0.5, 0.6) is 0 Å². The van der Waals surface area contributed by atoms with E-state index in [0.717, 1.165) is 44.2 Å². The number of piperidine rings is 1. The Labute approximate surface area is 127 Å². The molecular weight excluding hydrogens is 262 g/mol. The van der Waals surface area contributed by atoms with Crippen molar-refractivity contribution in [1.82, 2.24) is 9.80 Å². The first kappa shape index (κ1) is 16.0. The molecule has 2 rings (SSSR count). The van der Waals surface area contributed by atoms with Gasteiger partial charge in [-0.2, -0.15) is 5.26 Å². The lowest BCUT2D eigenvalue weighted by Gasteiger charge is -2.33. The van der Waals surface area contributed by atoms with Crippen LogP contribution in [0.2, 0.25) is 0 Å². The summed E-state index contributed by atoms with van der Waals surface area (Å²) >= 11 is 0. The highest BCUT2D eigenvalue weighted by molar-refractivity contribution is 5.32. The molecule has 1 N–H and O–H groups in total. The van der Waals surface area contributed by atoms with E-state index in [1.54, 1.807) is 0 Å². The average Bonchev–Trinajstić information content (AvgIpc) is 2.49. The molecule has 1 heterocycles. The first-order chi connectivity index (χ1) is 10.2. The van der Waals surface area contributed by atoms with Crippen molar-refractivity contribution in [3.8, 4) is 6.07 Å². The zero-order chi connectivity index (χ0) is 15.1. The Bertz CT molecular complexity index is 475. The highest BCUT2D eigenvalue weighted by Crippen LogP contribution is 2.18. The topological polar surface area (TPSA) is 50.5 Å². The number of hydrogen-bond donors (Lipinski definition) is 1. The van der Waals surface area contributed by atoms with E-state index in [1.165, 1.54) is 18.4 Å². The first-order valence-corrected chi connectivity index (χ1v) is 7.72. The summed E-state index contributed by atoms with van der Waals surface area (Å²) in [6.07, 6.45) is 2.42. The van der Waals surface area contributed by atoms with Crippen LogP contribution in [0.4, 0.5) is 0 Å². The van der Waals surface area contributed by atoms with E-state index in [1.807, 2.05) is 18.2 Å². The number of aliphatic hydroxyl groups is 1. The second-order valence-corrected chi connectivity index (χ2v) is 6.02. The van der Waals surface area contributed by atoms with Gasteiger partial charge in [-0.25, -0.2) is 0 Å². The van der Waals surface area contributed by atoms with Gasteiger partial charge in [0.25, 0.3) is 0 Å². The van der Waals surface area contributed by atoms with Crippen LogP contribution in [0.1, 0.15) is 24.0 Å². The van der Waals surface area contributed by atoms with Gasteiger partial charge >= 0.3 is 0 Å². The number of nitriles is 1. The monoisotopic (exact) mass is 287 g/mol. The van der Waals surface area contributed by atoms with Crippen molar-refractivity contribution in [2.45, 2.75) is 19.4 Å². The van der Waals surface area contributed by atoms with Gasteiger partial charge in [0, 0.05) is 19.6 Å². The molecule has 0 atom stereocenters. The average molecular weight is 287 g/mol. The molecule has 4 nitrogen and oxygen atoms in total. The number of aliphatic hydroxyl groups excluding tert-OH is 1. The molecule has 0 bridgehead atoms. The molecule has 1 aliphatic rings. The van der Waals surface area contributed by atoms with Crippen molar-refractivity contribution < 1.29 is 5.11 Å². The minimum atomic E-state index is 0.264. The highest BCUT2D eigenvalue weighted by atomic mass is 16.3. The molecule has 114 valence electrons. The summed E-state index contributed by atoms with van der Waals surface area (Å²) in [5, 5.41) is 17.9. The summed E-state index contributed by atoms with van der Waals surface area (Å²) in [6, 6.07) is 10.1. The summed E-state index contributed by atoms with van der Waals surface area (Å²) in [4.78, 5) is 4.69. The fourth-order valence-electron chi connectivity index (χ4n) is 3.09. The molecular formula is C17H25N3O. The van der Waals surface area contributed by atoms with Gasteiger partial charge in [-0.1, -0.05) is 12.1 Å². The Kier molecular flexibility index (Phi) is 6.19. The zero-order valence-electron chi connectivity index (χ0n) is 12.8. The summed E-state index contributed by atoms with van der Waals surface area (Å²) in [7, 11) is 2.15. The van der Waals surface area contributed by atoms with E-state index in [-0.39, 0.29) is 6.61 Å². The third kappa shape index (κ3) is 5.13. The summed E-state index contributed by atoms with van der Waals surface area (Å²) < 4.78 is 0. The number of β-amino-alcohol motifs (C(OH)–C–C–N with tert-alkyl or cyclic N) is 1. The molecule has 4 heteroatoms. The van der Waals surface area contributed by atoms with Crippen molar-refractivity contribution >= 4 is 0 Å². The summed E-state index contributed by atoms with van der Waals surface area (Å²) in [5.74, 6) is 0.740. The lowest BCUT2D eigenvalue weighted by atomic mass is 9.96.